The largest absolute Gasteiger partial charge is 0.507 e. The molecule has 3 unspecified atom stereocenters. The smallest absolute Gasteiger partial charge is 0.167 e. The summed E-state index contributed by atoms with van der Waals surface area (Å²) in [7, 11) is 0. The van der Waals surface area contributed by atoms with Gasteiger partial charge in [0.15, 0.2) is 17.5 Å². The first-order chi connectivity index (χ1) is 28.7. The Morgan fingerprint density at radius 2 is 1.02 bits per heavy atom. The molecule has 5 rings (SSSR count). The number of rotatable bonds is 25. The molecule has 0 amide bonds. The molecule has 0 fully saturated rings. The third-order valence-corrected chi connectivity index (χ3v) is 12.4. The topological polar surface area (TPSA) is 97.6 Å². The van der Waals surface area contributed by atoms with Crippen LogP contribution in [0.1, 0.15) is 178 Å². The SMILES string of the molecule is CCCCCCC(CCCC)COc1ccc(-c2nc(C3=CCC(C)c4ccccc43)nc(-c3ccc(OCC(CCCC)CCCCCC)c(C)c3O)n2)c(O)c1C. The molecule has 0 aliphatic heterocycles. The molecule has 0 radical (unpaired) electrons. The summed E-state index contributed by atoms with van der Waals surface area (Å²) in [5, 5.41) is 23.6. The summed E-state index contributed by atoms with van der Waals surface area (Å²) < 4.78 is 12.9. The highest BCUT2D eigenvalue weighted by Gasteiger charge is 2.25. The second-order valence-electron chi connectivity index (χ2n) is 17.2. The van der Waals surface area contributed by atoms with Crippen LogP contribution in [-0.2, 0) is 0 Å². The Kier molecular flexibility index (Phi) is 18.1. The highest BCUT2D eigenvalue weighted by atomic mass is 16.5. The lowest BCUT2D eigenvalue weighted by Crippen LogP contribution is -2.13. The summed E-state index contributed by atoms with van der Waals surface area (Å²) in [6.45, 7) is 16.3. The van der Waals surface area contributed by atoms with Gasteiger partial charge in [0.2, 0.25) is 0 Å². The molecule has 0 saturated heterocycles. The molecule has 320 valence electrons. The molecule has 3 atom stereocenters. The van der Waals surface area contributed by atoms with Crippen molar-refractivity contribution in [2.45, 2.75) is 164 Å². The monoisotopic (exact) mass is 804 g/mol. The Bertz CT molecular complexity index is 1850. The Morgan fingerprint density at radius 1 is 0.559 bits per heavy atom. The van der Waals surface area contributed by atoms with Crippen molar-refractivity contribution < 1.29 is 19.7 Å². The lowest BCUT2D eigenvalue weighted by molar-refractivity contribution is 0.223. The summed E-state index contributed by atoms with van der Waals surface area (Å²) in [4.78, 5) is 15.1. The van der Waals surface area contributed by atoms with Gasteiger partial charge in [0, 0.05) is 16.7 Å². The number of phenolic OH excluding ortho intramolecular Hbond substituents is 2. The van der Waals surface area contributed by atoms with E-state index in [-0.39, 0.29) is 11.5 Å². The van der Waals surface area contributed by atoms with Gasteiger partial charge in [-0.3, -0.25) is 0 Å². The molecule has 7 nitrogen and oxygen atoms in total. The summed E-state index contributed by atoms with van der Waals surface area (Å²) in [5.41, 5.74) is 5.56. The van der Waals surface area contributed by atoms with Gasteiger partial charge in [-0.15, -0.1) is 0 Å². The molecule has 3 aromatic carbocycles. The molecular formula is C52H73N3O4. The molecule has 0 bridgehead atoms. The number of aromatic hydroxyl groups is 2. The molecule has 7 heteroatoms. The first-order valence-corrected chi connectivity index (χ1v) is 23.2. The molecule has 1 heterocycles. The zero-order valence-corrected chi connectivity index (χ0v) is 37.4. The van der Waals surface area contributed by atoms with Crippen LogP contribution in [0.2, 0.25) is 0 Å². The fourth-order valence-corrected chi connectivity index (χ4v) is 8.43. The first kappa shape index (κ1) is 45.7. The van der Waals surface area contributed by atoms with E-state index < -0.39 is 0 Å². The number of unbranched alkanes of at least 4 members (excludes halogenated alkanes) is 8. The van der Waals surface area contributed by atoms with Gasteiger partial charge in [0.25, 0.3) is 0 Å². The number of hydrogen-bond donors (Lipinski definition) is 2. The first-order valence-electron chi connectivity index (χ1n) is 23.2. The van der Waals surface area contributed by atoms with Gasteiger partial charge in [0.1, 0.15) is 23.0 Å². The van der Waals surface area contributed by atoms with Crippen molar-refractivity contribution in [2.24, 2.45) is 11.8 Å². The Hall–Kier alpha value is -4.39. The van der Waals surface area contributed by atoms with E-state index in [0.717, 1.165) is 43.2 Å². The van der Waals surface area contributed by atoms with Gasteiger partial charge in [-0.05, 0) is 99.1 Å². The average Bonchev–Trinajstić information content (AvgIpc) is 3.25. The van der Waals surface area contributed by atoms with Gasteiger partial charge >= 0.3 is 0 Å². The minimum atomic E-state index is 0.0850. The lowest BCUT2D eigenvalue weighted by atomic mass is 9.84. The van der Waals surface area contributed by atoms with Crippen molar-refractivity contribution >= 4 is 5.57 Å². The van der Waals surface area contributed by atoms with E-state index >= 15 is 0 Å². The van der Waals surface area contributed by atoms with Crippen LogP contribution in [0.15, 0.2) is 54.6 Å². The number of nitrogens with zero attached hydrogens (tertiary/aromatic N) is 3. The second-order valence-corrected chi connectivity index (χ2v) is 17.2. The predicted octanol–water partition coefficient (Wildman–Crippen LogP) is 14.5. The molecule has 59 heavy (non-hydrogen) atoms. The van der Waals surface area contributed by atoms with E-state index in [4.69, 9.17) is 24.4 Å². The number of aromatic nitrogens is 3. The fourth-order valence-electron chi connectivity index (χ4n) is 8.43. The van der Waals surface area contributed by atoms with E-state index in [0.29, 0.717) is 82.2 Å². The van der Waals surface area contributed by atoms with Crippen LogP contribution in [0.4, 0.5) is 0 Å². The minimum Gasteiger partial charge on any atom is -0.507 e. The van der Waals surface area contributed by atoms with E-state index in [1.807, 2.05) is 44.2 Å². The van der Waals surface area contributed by atoms with Crippen LogP contribution in [0.5, 0.6) is 23.0 Å². The molecule has 1 aliphatic rings. The molecule has 1 aliphatic carbocycles. The van der Waals surface area contributed by atoms with Crippen LogP contribution in [-0.4, -0.2) is 38.4 Å². The molecule has 4 aromatic rings. The number of fused-ring (bicyclic) bond motifs is 1. The van der Waals surface area contributed by atoms with Crippen LogP contribution < -0.4 is 9.47 Å². The minimum absolute atomic E-state index is 0.0850. The molecule has 0 spiro atoms. The third-order valence-electron chi connectivity index (χ3n) is 12.4. The van der Waals surface area contributed by atoms with Crippen LogP contribution in [0.25, 0.3) is 28.3 Å². The normalized spacial score (nSPS) is 14.8. The van der Waals surface area contributed by atoms with Crippen molar-refractivity contribution in [2.75, 3.05) is 13.2 Å². The second kappa shape index (κ2) is 23.4. The molecule has 1 aromatic heterocycles. The highest BCUT2D eigenvalue weighted by Crippen LogP contribution is 2.42. The van der Waals surface area contributed by atoms with E-state index in [2.05, 4.69) is 58.9 Å². The van der Waals surface area contributed by atoms with Crippen molar-refractivity contribution in [1.29, 1.82) is 0 Å². The van der Waals surface area contributed by atoms with E-state index in [9.17, 15) is 10.2 Å². The van der Waals surface area contributed by atoms with E-state index in [1.165, 1.54) is 82.6 Å². The van der Waals surface area contributed by atoms with Crippen LogP contribution in [0, 0.1) is 25.7 Å². The van der Waals surface area contributed by atoms with Crippen molar-refractivity contribution in [3.8, 4) is 45.8 Å². The predicted molar refractivity (Wildman–Crippen MR) is 245 cm³/mol. The van der Waals surface area contributed by atoms with Gasteiger partial charge in [-0.25, -0.2) is 15.0 Å². The van der Waals surface area contributed by atoms with E-state index in [1.54, 1.807) is 0 Å². The quantitative estimate of drug-likeness (QED) is 0.0644. The number of ether oxygens (including phenoxy) is 2. The van der Waals surface area contributed by atoms with Crippen molar-refractivity contribution in [3.63, 3.8) is 0 Å². The summed E-state index contributed by atoms with van der Waals surface area (Å²) in [6, 6.07) is 16.0. The van der Waals surface area contributed by atoms with Crippen LogP contribution >= 0.6 is 0 Å². The van der Waals surface area contributed by atoms with Gasteiger partial charge < -0.3 is 19.7 Å². The standard InChI is InChI=1S/C52H73N3O4/c1-8-12-16-18-24-39(22-14-10-3)34-58-46-32-30-44(48(56)37(46)6)51-53-50(43-29-28-36(5)41-26-20-21-27-42(41)43)54-52(55-51)45-31-33-47(38(7)49(45)57)59-35-40(23-15-11-4)25-19-17-13-9-2/h20-21,26-27,29-33,36,39-40,56-57H,8-19,22-25,28,34-35H2,1-7H3. The average molecular weight is 804 g/mol. The maximum absolute atomic E-state index is 11.8. The van der Waals surface area contributed by atoms with Gasteiger partial charge in [0.05, 0.1) is 24.3 Å². The summed E-state index contributed by atoms with van der Waals surface area (Å²) in [6.07, 6.45) is 22.4. The zero-order chi connectivity index (χ0) is 42.1. The number of phenols is 2. The fraction of sp³-hybridized carbons (Fsp3) is 0.558. The number of hydrogen-bond acceptors (Lipinski definition) is 7. The molecule has 2 N–H and O–H groups in total. The van der Waals surface area contributed by atoms with Crippen LogP contribution in [0.3, 0.4) is 0 Å². The zero-order valence-electron chi connectivity index (χ0n) is 37.4. The Balaban J connectivity index is 1.48. The summed E-state index contributed by atoms with van der Waals surface area (Å²) in [5.74, 6) is 4.04. The molecule has 0 saturated carbocycles. The Labute approximate surface area is 356 Å². The maximum atomic E-state index is 11.8. The summed E-state index contributed by atoms with van der Waals surface area (Å²) >= 11 is 0. The molecular weight excluding hydrogens is 731 g/mol. The number of allylic oxidation sites excluding steroid dienone is 1. The van der Waals surface area contributed by atoms with Crippen molar-refractivity contribution in [3.05, 3.63) is 82.7 Å². The highest BCUT2D eigenvalue weighted by molar-refractivity contribution is 5.82. The Morgan fingerprint density at radius 3 is 1.51 bits per heavy atom. The maximum Gasteiger partial charge on any atom is 0.167 e. The lowest BCUT2D eigenvalue weighted by Gasteiger charge is -2.23. The number of benzene rings is 3. The third kappa shape index (κ3) is 12.3. The van der Waals surface area contributed by atoms with Crippen molar-refractivity contribution in [1.82, 2.24) is 15.0 Å². The van der Waals surface area contributed by atoms with Gasteiger partial charge in [-0.2, -0.15) is 0 Å². The van der Waals surface area contributed by atoms with Gasteiger partial charge in [-0.1, -0.05) is 142 Å².